The van der Waals surface area contributed by atoms with Crippen LogP contribution in [0, 0.1) is 11.8 Å². The molecule has 25 heavy (non-hydrogen) atoms. The molecule has 2 aromatic rings. The van der Waals surface area contributed by atoms with Gasteiger partial charge in [0.25, 0.3) is 0 Å². The molecule has 1 aromatic carbocycles. The summed E-state index contributed by atoms with van der Waals surface area (Å²) < 4.78 is 0. The van der Waals surface area contributed by atoms with Crippen molar-refractivity contribution in [2.75, 3.05) is 19.6 Å². The molecule has 2 atom stereocenters. The minimum absolute atomic E-state index is 0.00400. The van der Waals surface area contributed by atoms with E-state index < -0.39 is 0 Å². The topological polar surface area (TPSA) is 44.4 Å². The number of hydrazine groups is 1. The van der Waals surface area contributed by atoms with Gasteiger partial charge >= 0.3 is 0 Å². The van der Waals surface area contributed by atoms with Crippen molar-refractivity contribution in [1.82, 2.24) is 15.8 Å². The lowest BCUT2D eigenvalue weighted by Gasteiger charge is -2.34. The first-order valence-electron chi connectivity index (χ1n) is 9.16. The Balaban J connectivity index is 1.33. The third-order valence-electron chi connectivity index (χ3n) is 5.44. The number of hydrogen-bond donors (Lipinski definition) is 2. The third kappa shape index (κ3) is 3.78. The van der Waals surface area contributed by atoms with Crippen LogP contribution >= 0.6 is 11.3 Å². The maximum Gasteiger partial charge on any atom is 0.229 e. The largest absolute Gasteiger partial charge is 0.342 e. The molecular weight excluding hydrogens is 330 g/mol. The second-order valence-corrected chi connectivity index (χ2v) is 8.06. The number of hydrogen-bond acceptors (Lipinski definition) is 4. The normalized spacial score (nSPS) is 24.6. The Morgan fingerprint density at radius 1 is 1.12 bits per heavy atom. The highest BCUT2D eigenvalue weighted by atomic mass is 32.1. The number of benzene rings is 1. The average Bonchev–Trinajstić information content (AvgIpc) is 3.34. The number of nitrogens with one attached hydrogen (secondary N) is 2. The van der Waals surface area contributed by atoms with Gasteiger partial charge in [0.05, 0.1) is 12.0 Å². The van der Waals surface area contributed by atoms with E-state index in [1.54, 1.807) is 11.3 Å². The van der Waals surface area contributed by atoms with E-state index >= 15 is 0 Å². The van der Waals surface area contributed by atoms with Crippen LogP contribution in [0.3, 0.4) is 0 Å². The van der Waals surface area contributed by atoms with E-state index in [9.17, 15) is 4.79 Å². The number of rotatable bonds is 4. The highest BCUT2D eigenvalue weighted by molar-refractivity contribution is 7.10. The molecule has 2 unspecified atom stereocenters. The molecule has 3 heterocycles. The first-order chi connectivity index (χ1) is 12.3. The fourth-order valence-electron chi connectivity index (χ4n) is 4.00. The van der Waals surface area contributed by atoms with Gasteiger partial charge in [0.2, 0.25) is 5.91 Å². The highest BCUT2D eigenvalue weighted by Crippen LogP contribution is 2.31. The fraction of sp³-hybridized carbons (Fsp3) is 0.450. The molecular formula is C20H25N3OS. The molecule has 4 rings (SSSR count). The van der Waals surface area contributed by atoms with Crippen LogP contribution in [0.1, 0.15) is 29.3 Å². The summed E-state index contributed by atoms with van der Waals surface area (Å²) in [5.74, 6) is 0.998. The summed E-state index contributed by atoms with van der Waals surface area (Å²) in [6.45, 7) is 2.50. The summed E-state index contributed by atoms with van der Waals surface area (Å²) in [6.07, 6.45) is 3.35. The third-order valence-corrected chi connectivity index (χ3v) is 6.40. The van der Waals surface area contributed by atoms with E-state index in [2.05, 4.69) is 63.6 Å². The first-order valence-corrected chi connectivity index (χ1v) is 10.0. The Morgan fingerprint density at radius 3 is 2.64 bits per heavy atom. The van der Waals surface area contributed by atoms with E-state index in [0.29, 0.717) is 18.4 Å². The van der Waals surface area contributed by atoms with Gasteiger partial charge < -0.3 is 4.90 Å². The number of nitrogens with zero attached hydrogens (tertiary/aromatic N) is 1. The Morgan fingerprint density at radius 2 is 1.92 bits per heavy atom. The van der Waals surface area contributed by atoms with Crippen LogP contribution in [-0.2, 0) is 11.2 Å². The van der Waals surface area contributed by atoms with Gasteiger partial charge in [-0.05, 0) is 42.2 Å². The smallest absolute Gasteiger partial charge is 0.229 e. The summed E-state index contributed by atoms with van der Waals surface area (Å²) in [4.78, 5) is 16.3. The van der Waals surface area contributed by atoms with E-state index in [-0.39, 0.29) is 12.0 Å². The lowest BCUT2D eigenvalue weighted by atomic mass is 9.89. The molecule has 2 aliphatic heterocycles. The second kappa shape index (κ2) is 7.68. The predicted octanol–water partition coefficient (Wildman–Crippen LogP) is 2.99. The van der Waals surface area contributed by atoms with Crippen molar-refractivity contribution in [3.05, 3.63) is 58.3 Å². The summed E-state index contributed by atoms with van der Waals surface area (Å²) in [7, 11) is 0. The summed E-state index contributed by atoms with van der Waals surface area (Å²) in [5, 5.41) is 2.08. The van der Waals surface area contributed by atoms with Crippen LogP contribution in [0.2, 0.25) is 0 Å². The molecule has 0 aliphatic carbocycles. The quantitative estimate of drug-likeness (QED) is 0.886. The molecule has 0 spiro atoms. The summed E-state index contributed by atoms with van der Waals surface area (Å²) in [5.41, 5.74) is 7.88. The highest BCUT2D eigenvalue weighted by Gasteiger charge is 2.37. The number of carbonyl (C=O) groups is 1. The van der Waals surface area contributed by atoms with Crippen molar-refractivity contribution >= 4 is 17.2 Å². The van der Waals surface area contributed by atoms with Crippen LogP contribution in [0.25, 0.3) is 0 Å². The van der Waals surface area contributed by atoms with Gasteiger partial charge in [0.1, 0.15) is 0 Å². The summed E-state index contributed by atoms with van der Waals surface area (Å²) >= 11 is 1.72. The van der Waals surface area contributed by atoms with Crippen LogP contribution in [0.4, 0.5) is 0 Å². The zero-order valence-electron chi connectivity index (χ0n) is 14.4. The number of amides is 1. The van der Waals surface area contributed by atoms with Gasteiger partial charge in [-0.15, -0.1) is 11.3 Å². The SMILES string of the molecule is O=C(C1CNNC1c1cccs1)N1CCC(Cc2ccccc2)CC1. The Hall–Kier alpha value is -1.69. The lowest BCUT2D eigenvalue weighted by Crippen LogP contribution is -2.43. The van der Waals surface area contributed by atoms with Crippen molar-refractivity contribution in [3.8, 4) is 0 Å². The molecule has 2 aliphatic rings. The molecule has 0 radical (unpaired) electrons. The first kappa shape index (κ1) is 16.8. The molecule has 1 aromatic heterocycles. The maximum atomic E-state index is 13.0. The number of piperidine rings is 1. The molecule has 2 fully saturated rings. The molecule has 0 saturated carbocycles. The van der Waals surface area contributed by atoms with Gasteiger partial charge in [-0.1, -0.05) is 36.4 Å². The Bertz CT molecular complexity index is 680. The molecule has 5 heteroatoms. The van der Waals surface area contributed by atoms with Gasteiger partial charge in [0, 0.05) is 24.5 Å². The van der Waals surface area contributed by atoms with Crippen molar-refractivity contribution in [1.29, 1.82) is 0 Å². The zero-order chi connectivity index (χ0) is 17.1. The minimum Gasteiger partial charge on any atom is -0.342 e. The fourth-order valence-corrected chi connectivity index (χ4v) is 4.85. The second-order valence-electron chi connectivity index (χ2n) is 7.08. The predicted molar refractivity (Wildman–Crippen MR) is 101 cm³/mol. The molecule has 2 N–H and O–H groups in total. The van der Waals surface area contributed by atoms with E-state index in [1.807, 2.05) is 0 Å². The molecule has 132 valence electrons. The zero-order valence-corrected chi connectivity index (χ0v) is 15.2. The molecule has 2 saturated heterocycles. The van der Waals surface area contributed by atoms with Gasteiger partial charge in [-0.25, -0.2) is 5.43 Å². The maximum absolute atomic E-state index is 13.0. The number of likely N-dealkylation sites (tertiary alicyclic amines) is 1. The number of thiophene rings is 1. The summed E-state index contributed by atoms with van der Waals surface area (Å²) in [6, 6.07) is 15.0. The van der Waals surface area contributed by atoms with Gasteiger partial charge in [0.15, 0.2) is 0 Å². The van der Waals surface area contributed by atoms with Crippen LogP contribution in [-0.4, -0.2) is 30.4 Å². The Labute approximate surface area is 153 Å². The van der Waals surface area contributed by atoms with Gasteiger partial charge in [-0.2, -0.15) is 0 Å². The van der Waals surface area contributed by atoms with Gasteiger partial charge in [-0.3, -0.25) is 10.2 Å². The molecule has 0 bridgehead atoms. The average molecular weight is 356 g/mol. The van der Waals surface area contributed by atoms with E-state index in [0.717, 1.165) is 32.4 Å². The Kier molecular flexibility index (Phi) is 5.15. The van der Waals surface area contributed by atoms with E-state index in [4.69, 9.17) is 0 Å². The minimum atomic E-state index is 0.00400. The van der Waals surface area contributed by atoms with Crippen molar-refractivity contribution < 1.29 is 4.79 Å². The molecule has 4 nitrogen and oxygen atoms in total. The van der Waals surface area contributed by atoms with Crippen molar-refractivity contribution in [2.45, 2.75) is 25.3 Å². The molecule has 1 amide bonds. The van der Waals surface area contributed by atoms with E-state index in [1.165, 1.54) is 10.4 Å². The van der Waals surface area contributed by atoms with Crippen molar-refractivity contribution in [3.63, 3.8) is 0 Å². The lowest BCUT2D eigenvalue weighted by molar-refractivity contribution is -0.136. The van der Waals surface area contributed by atoms with Crippen LogP contribution in [0.5, 0.6) is 0 Å². The van der Waals surface area contributed by atoms with Crippen LogP contribution < -0.4 is 10.9 Å². The monoisotopic (exact) mass is 355 g/mol. The standard InChI is InChI=1S/C20H25N3OS/c24-20(17-14-21-22-19(17)18-7-4-12-25-18)23-10-8-16(9-11-23)13-15-5-2-1-3-6-15/h1-7,12,16-17,19,21-22H,8-11,13-14H2. The number of carbonyl (C=O) groups excluding carboxylic acids is 1. The van der Waals surface area contributed by atoms with Crippen LogP contribution in [0.15, 0.2) is 47.8 Å². The van der Waals surface area contributed by atoms with Crippen molar-refractivity contribution in [2.24, 2.45) is 11.8 Å².